The highest BCUT2D eigenvalue weighted by Gasteiger charge is 2.13. The van der Waals surface area contributed by atoms with Crippen LogP contribution in [-0.4, -0.2) is 10.8 Å². The zero-order chi connectivity index (χ0) is 14.1. The molecule has 0 unspecified atom stereocenters. The minimum Gasteiger partial charge on any atom is -0.289 e. The van der Waals surface area contributed by atoms with Crippen LogP contribution in [0.1, 0.15) is 21.5 Å². The number of benzene rings is 2. The van der Waals surface area contributed by atoms with Gasteiger partial charge in [-0.3, -0.25) is 9.78 Å². The quantitative estimate of drug-likeness (QED) is 0.647. The molecule has 98 valence electrons. The molecule has 0 fully saturated rings. The van der Waals surface area contributed by atoms with Crippen LogP contribution in [0.5, 0.6) is 0 Å². The first-order valence-corrected chi connectivity index (χ1v) is 7.10. The van der Waals surface area contributed by atoms with Crippen LogP contribution in [0.2, 0.25) is 0 Å². The van der Waals surface area contributed by atoms with E-state index in [2.05, 4.69) is 20.9 Å². The first kappa shape index (κ1) is 13.0. The lowest BCUT2D eigenvalue weighted by atomic mass is 10.0. The van der Waals surface area contributed by atoms with E-state index in [4.69, 9.17) is 0 Å². The number of pyridine rings is 1. The predicted molar refractivity (Wildman–Crippen MR) is 84.1 cm³/mol. The van der Waals surface area contributed by atoms with E-state index in [9.17, 15) is 4.79 Å². The smallest absolute Gasteiger partial charge is 0.194 e. The number of ketones is 1. The summed E-state index contributed by atoms with van der Waals surface area (Å²) in [6.45, 7) is 1.98. The van der Waals surface area contributed by atoms with Crippen LogP contribution in [0, 0.1) is 6.92 Å². The van der Waals surface area contributed by atoms with Gasteiger partial charge in [-0.1, -0.05) is 33.6 Å². The highest BCUT2D eigenvalue weighted by Crippen LogP contribution is 2.23. The maximum Gasteiger partial charge on any atom is 0.194 e. The fourth-order valence-electron chi connectivity index (χ4n) is 2.19. The first-order chi connectivity index (χ1) is 9.65. The lowest BCUT2D eigenvalue weighted by Crippen LogP contribution is -2.03. The first-order valence-electron chi connectivity index (χ1n) is 6.31. The summed E-state index contributed by atoms with van der Waals surface area (Å²) in [7, 11) is 0. The van der Waals surface area contributed by atoms with Gasteiger partial charge in [-0.25, -0.2) is 0 Å². The molecule has 0 amide bonds. The third-order valence-corrected chi connectivity index (χ3v) is 3.92. The van der Waals surface area contributed by atoms with Crippen LogP contribution in [0.15, 0.2) is 59.2 Å². The van der Waals surface area contributed by atoms with Crippen molar-refractivity contribution in [3.63, 3.8) is 0 Å². The van der Waals surface area contributed by atoms with Crippen LogP contribution in [0.4, 0.5) is 0 Å². The Labute approximate surface area is 125 Å². The standard InChI is InChI=1S/C17H12BrNO/c1-11-4-6-15(18)14(9-11)17(20)13-5-7-16-12(10-13)3-2-8-19-16/h2-10H,1H3. The Hall–Kier alpha value is -2.00. The number of carbonyl (C=O) groups excluding carboxylic acids is 1. The van der Waals surface area contributed by atoms with Gasteiger partial charge in [0.25, 0.3) is 0 Å². The lowest BCUT2D eigenvalue weighted by molar-refractivity contribution is 0.103. The number of hydrogen-bond donors (Lipinski definition) is 0. The Kier molecular flexibility index (Phi) is 3.36. The molecule has 0 aliphatic carbocycles. The van der Waals surface area contributed by atoms with Crippen molar-refractivity contribution in [3.8, 4) is 0 Å². The molecule has 0 radical (unpaired) electrons. The van der Waals surface area contributed by atoms with E-state index in [1.807, 2.05) is 55.5 Å². The molecule has 1 aromatic heterocycles. The molecule has 0 bridgehead atoms. The van der Waals surface area contributed by atoms with Gasteiger partial charge >= 0.3 is 0 Å². The Balaban J connectivity index is 2.10. The van der Waals surface area contributed by atoms with E-state index in [0.29, 0.717) is 11.1 Å². The van der Waals surface area contributed by atoms with E-state index in [0.717, 1.165) is 20.9 Å². The topological polar surface area (TPSA) is 30.0 Å². The maximum atomic E-state index is 12.6. The minimum absolute atomic E-state index is 0.0197. The summed E-state index contributed by atoms with van der Waals surface area (Å²) >= 11 is 3.44. The monoisotopic (exact) mass is 325 g/mol. The molecule has 3 heteroatoms. The van der Waals surface area contributed by atoms with E-state index in [-0.39, 0.29) is 5.78 Å². The van der Waals surface area contributed by atoms with Crippen molar-refractivity contribution in [2.75, 3.05) is 0 Å². The molecule has 2 nitrogen and oxygen atoms in total. The molecule has 20 heavy (non-hydrogen) atoms. The summed E-state index contributed by atoms with van der Waals surface area (Å²) in [4.78, 5) is 16.9. The normalized spacial score (nSPS) is 10.7. The zero-order valence-electron chi connectivity index (χ0n) is 10.9. The number of aromatic nitrogens is 1. The molecule has 0 N–H and O–H groups in total. The molecular weight excluding hydrogens is 314 g/mol. The van der Waals surface area contributed by atoms with Crippen LogP contribution in [0.3, 0.4) is 0 Å². The van der Waals surface area contributed by atoms with Gasteiger partial charge in [-0.2, -0.15) is 0 Å². The largest absolute Gasteiger partial charge is 0.289 e. The summed E-state index contributed by atoms with van der Waals surface area (Å²) in [5, 5.41) is 0.974. The molecular formula is C17H12BrNO. The molecule has 1 heterocycles. The van der Waals surface area contributed by atoms with Gasteiger partial charge in [0.15, 0.2) is 5.78 Å². The van der Waals surface area contributed by atoms with Gasteiger partial charge in [-0.05, 0) is 43.3 Å². The molecule has 0 saturated carbocycles. The van der Waals surface area contributed by atoms with Crippen molar-refractivity contribution in [2.45, 2.75) is 6.92 Å². The number of halogens is 1. The van der Waals surface area contributed by atoms with Gasteiger partial charge in [0.1, 0.15) is 0 Å². The van der Waals surface area contributed by atoms with Crippen LogP contribution in [-0.2, 0) is 0 Å². The second kappa shape index (κ2) is 5.17. The van der Waals surface area contributed by atoms with Crippen LogP contribution < -0.4 is 0 Å². The molecule has 0 saturated heterocycles. The van der Waals surface area contributed by atoms with Gasteiger partial charge in [0.2, 0.25) is 0 Å². The molecule has 0 atom stereocenters. The summed E-state index contributed by atoms with van der Waals surface area (Å²) in [5.74, 6) is 0.0197. The van der Waals surface area contributed by atoms with Crippen molar-refractivity contribution in [2.24, 2.45) is 0 Å². The molecule has 0 spiro atoms. The van der Waals surface area contributed by atoms with Gasteiger partial charge in [0, 0.05) is 27.2 Å². The highest BCUT2D eigenvalue weighted by atomic mass is 79.9. The number of rotatable bonds is 2. The Morgan fingerprint density at radius 1 is 1.10 bits per heavy atom. The van der Waals surface area contributed by atoms with Crippen molar-refractivity contribution in [1.29, 1.82) is 0 Å². The maximum absolute atomic E-state index is 12.6. The zero-order valence-corrected chi connectivity index (χ0v) is 12.5. The van der Waals surface area contributed by atoms with E-state index in [1.54, 1.807) is 6.20 Å². The third-order valence-electron chi connectivity index (χ3n) is 3.23. The summed E-state index contributed by atoms with van der Waals surface area (Å²) < 4.78 is 0.819. The van der Waals surface area contributed by atoms with Crippen molar-refractivity contribution in [1.82, 2.24) is 4.98 Å². The number of aryl methyl sites for hydroxylation is 1. The van der Waals surface area contributed by atoms with Gasteiger partial charge < -0.3 is 0 Å². The number of nitrogens with zero attached hydrogens (tertiary/aromatic N) is 1. The van der Waals surface area contributed by atoms with Crippen molar-refractivity contribution in [3.05, 3.63) is 75.9 Å². The second-order valence-corrected chi connectivity index (χ2v) is 5.58. The third kappa shape index (κ3) is 2.37. The lowest BCUT2D eigenvalue weighted by Gasteiger charge is -2.06. The van der Waals surface area contributed by atoms with E-state index < -0.39 is 0 Å². The highest BCUT2D eigenvalue weighted by molar-refractivity contribution is 9.10. The Bertz CT molecular complexity index is 811. The molecule has 3 rings (SSSR count). The molecule has 0 aliphatic rings. The van der Waals surface area contributed by atoms with Crippen LogP contribution in [0.25, 0.3) is 10.9 Å². The minimum atomic E-state index is 0.0197. The number of carbonyl (C=O) groups is 1. The van der Waals surface area contributed by atoms with Gasteiger partial charge in [0.05, 0.1) is 5.52 Å². The van der Waals surface area contributed by atoms with E-state index >= 15 is 0 Å². The fourth-order valence-corrected chi connectivity index (χ4v) is 2.61. The number of hydrogen-bond acceptors (Lipinski definition) is 2. The summed E-state index contributed by atoms with van der Waals surface area (Å²) in [5.41, 5.74) is 3.33. The van der Waals surface area contributed by atoms with Crippen LogP contribution >= 0.6 is 15.9 Å². The Morgan fingerprint density at radius 3 is 2.80 bits per heavy atom. The predicted octanol–water partition coefficient (Wildman–Crippen LogP) is 4.54. The average molecular weight is 326 g/mol. The molecule has 3 aromatic rings. The average Bonchev–Trinajstić information content (AvgIpc) is 2.48. The summed E-state index contributed by atoms with van der Waals surface area (Å²) in [6, 6.07) is 15.2. The Morgan fingerprint density at radius 2 is 1.95 bits per heavy atom. The second-order valence-electron chi connectivity index (χ2n) is 4.72. The summed E-state index contributed by atoms with van der Waals surface area (Å²) in [6.07, 6.45) is 1.75. The van der Waals surface area contributed by atoms with Gasteiger partial charge in [-0.15, -0.1) is 0 Å². The number of fused-ring (bicyclic) bond motifs is 1. The van der Waals surface area contributed by atoms with Crippen molar-refractivity contribution < 1.29 is 4.79 Å². The van der Waals surface area contributed by atoms with Crippen molar-refractivity contribution >= 4 is 32.6 Å². The molecule has 0 aliphatic heterocycles. The fraction of sp³-hybridized carbons (Fsp3) is 0.0588. The van der Waals surface area contributed by atoms with E-state index in [1.165, 1.54) is 0 Å². The SMILES string of the molecule is Cc1ccc(Br)c(C(=O)c2ccc3ncccc3c2)c1. The molecule has 2 aromatic carbocycles.